The molecule has 0 amide bonds. The van der Waals surface area contributed by atoms with Gasteiger partial charge in [-0.3, -0.25) is 4.79 Å². The van der Waals surface area contributed by atoms with Crippen molar-refractivity contribution in [2.45, 2.75) is 101 Å². The average Bonchev–Trinajstić information content (AvgIpc) is 3.20. The highest BCUT2D eigenvalue weighted by molar-refractivity contribution is 5.87. The Bertz CT molecular complexity index is 1170. The molecule has 0 heterocycles. The molecule has 6 atom stereocenters. The predicted octanol–water partition coefficient (Wildman–Crippen LogP) is 8.34. The first-order valence-electron chi connectivity index (χ1n) is 14.6. The third kappa shape index (κ3) is 6.12. The van der Waals surface area contributed by atoms with Crippen LogP contribution in [0, 0.1) is 23.2 Å². The molecule has 0 aliphatic heterocycles. The summed E-state index contributed by atoms with van der Waals surface area (Å²) in [6.07, 6.45) is -6.59. The molecule has 3 aliphatic carbocycles. The van der Waals surface area contributed by atoms with Gasteiger partial charge in [0.2, 0.25) is 0 Å². The van der Waals surface area contributed by atoms with Gasteiger partial charge in [-0.1, -0.05) is 13.0 Å². The number of Topliss-reactive ketones (excluding diaryl/α,β-unsaturated/α-hetero) is 1. The lowest BCUT2D eigenvalue weighted by molar-refractivity contribution is -0.396. The van der Waals surface area contributed by atoms with Gasteiger partial charge in [0.15, 0.2) is 0 Å². The van der Waals surface area contributed by atoms with Crippen LogP contribution < -0.4 is 0 Å². The standard InChI is InChI=1S/C30H37F10NO2/c1-26-10-9-22-21-6-5-20(42)16-17(21)14-18(25(22)23(26)7-8-24(26)43)15-19(31)4-3-12-41(2)13-11-27(32,33)28(34,35)29(36,37)30(38,39)40/h5-6,16,18-19,22-23,25,42H,3-4,7-15H2,1-2H3/t18-,19?,22+,23-,25+,26-/m0/s1. The largest absolute Gasteiger partial charge is 0.508 e. The van der Waals surface area contributed by atoms with Gasteiger partial charge in [0, 0.05) is 24.8 Å². The molecular formula is C30H37F10NO2. The molecule has 1 aromatic rings. The lowest BCUT2D eigenvalue weighted by Crippen LogP contribution is -2.61. The minimum Gasteiger partial charge on any atom is -0.508 e. The first kappa shape index (κ1) is 33.8. The van der Waals surface area contributed by atoms with Crippen LogP contribution in [0.3, 0.4) is 0 Å². The van der Waals surface area contributed by atoms with Crippen molar-refractivity contribution in [1.82, 2.24) is 4.90 Å². The van der Waals surface area contributed by atoms with Gasteiger partial charge in [-0.2, -0.15) is 39.5 Å². The number of carbonyl (C=O) groups excluding carboxylic acids is 1. The Kier molecular flexibility index (Phi) is 9.21. The van der Waals surface area contributed by atoms with Crippen molar-refractivity contribution >= 4 is 5.78 Å². The third-order valence-electron chi connectivity index (χ3n) is 10.2. The molecule has 244 valence electrons. The quantitative estimate of drug-likeness (QED) is 0.249. The number of ketones is 1. The maximum absolute atomic E-state index is 15.4. The molecule has 3 nitrogen and oxygen atoms in total. The van der Waals surface area contributed by atoms with Crippen LogP contribution in [0.15, 0.2) is 18.2 Å². The van der Waals surface area contributed by atoms with E-state index in [1.54, 1.807) is 12.1 Å². The normalized spacial score (nSPS) is 28.9. The van der Waals surface area contributed by atoms with E-state index < -0.39 is 48.5 Å². The molecule has 1 unspecified atom stereocenters. The van der Waals surface area contributed by atoms with E-state index in [1.165, 1.54) is 7.05 Å². The zero-order chi connectivity index (χ0) is 32.2. The van der Waals surface area contributed by atoms with Crippen LogP contribution in [0.25, 0.3) is 0 Å². The summed E-state index contributed by atoms with van der Waals surface area (Å²) < 4.78 is 133. The zero-order valence-electron chi connectivity index (χ0n) is 24.0. The number of fused-ring (bicyclic) bond motifs is 5. The van der Waals surface area contributed by atoms with Crippen LogP contribution >= 0.6 is 0 Å². The highest BCUT2D eigenvalue weighted by Gasteiger charge is 2.81. The van der Waals surface area contributed by atoms with Crippen LogP contribution in [-0.2, 0) is 11.2 Å². The van der Waals surface area contributed by atoms with E-state index in [-0.39, 0.29) is 61.0 Å². The minimum absolute atomic E-state index is 0.00924. The number of benzene rings is 1. The Morgan fingerprint density at radius 1 is 1.02 bits per heavy atom. The number of alkyl halides is 10. The number of aromatic hydroxyl groups is 1. The summed E-state index contributed by atoms with van der Waals surface area (Å²) in [5.41, 5.74) is 1.61. The maximum Gasteiger partial charge on any atom is 0.460 e. The molecule has 0 spiro atoms. The monoisotopic (exact) mass is 633 g/mol. The van der Waals surface area contributed by atoms with Gasteiger partial charge in [-0.05, 0) is 105 Å². The van der Waals surface area contributed by atoms with Crippen molar-refractivity contribution < 1.29 is 53.8 Å². The summed E-state index contributed by atoms with van der Waals surface area (Å²) in [5.74, 6) is -18.7. The van der Waals surface area contributed by atoms with E-state index in [4.69, 9.17) is 0 Å². The van der Waals surface area contributed by atoms with Crippen LogP contribution in [0.5, 0.6) is 5.75 Å². The number of carbonyl (C=O) groups is 1. The van der Waals surface area contributed by atoms with E-state index in [2.05, 4.69) is 0 Å². The van der Waals surface area contributed by atoms with Gasteiger partial charge in [-0.25, -0.2) is 4.39 Å². The fourth-order valence-electron chi connectivity index (χ4n) is 7.81. The van der Waals surface area contributed by atoms with Crippen molar-refractivity contribution in [2.24, 2.45) is 23.2 Å². The summed E-state index contributed by atoms with van der Waals surface area (Å²) in [4.78, 5) is 13.9. The summed E-state index contributed by atoms with van der Waals surface area (Å²) in [7, 11) is 1.21. The molecule has 0 bridgehead atoms. The second-order valence-electron chi connectivity index (χ2n) is 12.9. The maximum atomic E-state index is 15.4. The average molecular weight is 634 g/mol. The van der Waals surface area contributed by atoms with E-state index in [0.29, 0.717) is 12.8 Å². The number of hydrogen-bond acceptors (Lipinski definition) is 3. The Hall–Kier alpha value is -2.05. The molecule has 4 rings (SSSR count). The van der Waals surface area contributed by atoms with Crippen molar-refractivity contribution in [3.63, 3.8) is 0 Å². The SMILES string of the molecule is CN(CCCC(F)C[C@@H]1Cc2cc(O)ccc2[C@H]2CC[C@]3(C)C(=O)CC[C@H]3[C@H]12)CCC(F)(F)C(F)(F)C(F)(F)C(F)(F)F. The molecule has 43 heavy (non-hydrogen) atoms. The first-order valence-corrected chi connectivity index (χ1v) is 14.6. The Balaban J connectivity index is 1.35. The molecule has 13 heteroatoms. The van der Waals surface area contributed by atoms with E-state index >= 15 is 4.39 Å². The first-order chi connectivity index (χ1) is 19.7. The fraction of sp³-hybridized carbons (Fsp3) is 0.767. The van der Waals surface area contributed by atoms with E-state index in [0.717, 1.165) is 35.3 Å². The number of halogens is 10. The molecule has 1 aromatic carbocycles. The molecule has 2 saturated carbocycles. The molecular weight excluding hydrogens is 596 g/mol. The second kappa shape index (κ2) is 11.7. The number of phenolic OH excluding ortho intramolecular Hbond substituents is 1. The Morgan fingerprint density at radius 2 is 1.70 bits per heavy atom. The van der Waals surface area contributed by atoms with Crippen molar-refractivity contribution in [2.75, 3.05) is 20.1 Å². The van der Waals surface area contributed by atoms with Gasteiger partial charge in [0.1, 0.15) is 17.7 Å². The highest BCUT2D eigenvalue weighted by atomic mass is 19.4. The van der Waals surface area contributed by atoms with Crippen LogP contribution in [-0.4, -0.2) is 66.0 Å². The highest BCUT2D eigenvalue weighted by Crippen LogP contribution is 2.62. The van der Waals surface area contributed by atoms with Crippen molar-refractivity contribution in [3.05, 3.63) is 29.3 Å². The molecule has 0 saturated heterocycles. The third-order valence-corrected chi connectivity index (χ3v) is 10.2. The van der Waals surface area contributed by atoms with E-state index in [1.807, 2.05) is 13.0 Å². The number of nitrogens with zero attached hydrogens (tertiary/aromatic N) is 1. The predicted molar refractivity (Wildman–Crippen MR) is 138 cm³/mol. The van der Waals surface area contributed by atoms with Crippen LogP contribution in [0.1, 0.15) is 75.3 Å². The van der Waals surface area contributed by atoms with Crippen LogP contribution in [0.4, 0.5) is 43.9 Å². The summed E-state index contributed by atoms with van der Waals surface area (Å²) in [6, 6.07) is 5.24. The smallest absolute Gasteiger partial charge is 0.460 e. The van der Waals surface area contributed by atoms with Gasteiger partial charge in [-0.15, -0.1) is 0 Å². The lowest BCUT2D eigenvalue weighted by Gasteiger charge is -2.52. The van der Waals surface area contributed by atoms with Crippen LogP contribution in [0.2, 0.25) is 0 Å². The number of rotatable bonds is 11. The van der Waals surface area contributed by atoms with Gasteiger partial charge in [0.25, 0.3) is 0 Å². The summed E-state index contributed by atoms with van der Waals surface area (Å²) in [5, 5.41) is 10.1. The molecule has 0 radical (unpaired) electrons. The molecule has 0 aromatic heterocycles. The van der Waals surface area contributed by atoms with Gasteiger partial charge in [0.05, 0.1) is 0 Å². The molecule has 3 aliphatic rings. The van der Waals surface area contributed by atoms with Gasteiger partial charge < -0.3 is 10.0 Å². The Labute approximate surface area is 244 Å². The lowest BCUT2D eigenvalue weighted by atomic mass is 9.52. The number of phenols is 1. The summed E-state index contributed by atoms with van der Waals surface area (Å²) >= 11 is 0. The summed E-state index contributed by atoms with van der Waals surface area (Å²) in [6.45, 7) is 1.02. The zero-order valence-corrected chi connectivity index (χ0v) is 24.0. The second-order valence-corrected chi connectivity index (χ2v) is 12.9. The van der Waals surface area contributed by atoms with Crippen molar-refractivity contribution in [3.8, 4) is 5.75 Å². The fourth-order valence-corrected chi connectivity index (χ4v) is 7.81. The van der Waals surface area contributed by atoms with E-state index in [9.17, 15) is 49.4 Å². The molecule has 2 fully saturated rings. The Morgan fingerprint density at radius 3 is 2.35 bits per heavy atom. The topological polar surface area (TPSA) is 40.5 Å². The molecule has 1 N–H and O–H groups in total. The van der Waals surface area contributed by atoms with Gasteiger partial charge >= 0.3 is 23.9 Å². The minimum atomic E-state index is -6.91. The van der Waals surface area contributed by atoms with Crippen molar-refractivity contribution in [1.29, 1.82) is 0 Å². The number of hydrogen-bond donors (Lipinski definition) is 1.